The molecule has 4 heteroatoms. The zero-order chi connectivity index (χ0) is 23.0. The number of hydrogen-bond donors (Lipinski definition) is 0. The summed E-state index contributed by atoms with van der Waals surface area (Å²) in [6.45, 7) is 0. The van der Waals surface area contributed by atoms with Crippen LogP contribution in [0.3, 0.4) is 0 Å². The molecule has 5 rings (SSSR count). The van der Waals surface area contributed by atoms with Gasteiger partial charge >= 0.3 is 0 Å². The van der Waals surface area contributed by atoms with Crippen LogP contribution in [-0.4, -0.2) is 19.9 Å². The zero-order valence-corrected chi connectivity index (χ0v) is 18.2. The monoisotopic (exact) mass is 434 g/mol. The van der Waals surface area contributed by atoms with Gasteiger partial charge in [-0.05, 0) is 72.8 Å². The third kappa shape index (κ3) is 5.22. The van der Waals surface area contributed by atoms with Crippen LogP contribution >= 0.6 is 0 Å². The number of aromatic nitrogens is 4. The molecule has 0 saturated carbocycles. The van der Waals surface area contributed by atoms with Crippen LogP contribution in [0.5, 0.6) is 0 Å². The molecule has 0 saturated heterocycles. The molecule has 0 radical (unpaired) electrons. The molecule has 0 atom stereocenters. The topological polar surface area (TPSA) is 51.6 Å². The molecule has 0 amide bonds. The van der Waals surface area contributed by atoms with E-state index in [4.69, 9.17) is 0 Å². The Hall–Kier alpha value is -5.06. The Morgan fingerprint density at radius 3 is 1.18 bits per heavy atom. The van der Waals surface area contributed by atoms with E-state index in [1.165, 1.54) is 0 Å². The minimum Gasteiger partial charge on any atom is -0.255 e. The van der Waals surface area contributed by atoms with E-state index in [1.807, 2.05) is 84.9 Å². The van der Waals surface area contributed by atoms with Crippen LogP contribution in [-0.2, 0) is 0 Å². The molecule has 4 nitrogen and oxygen atoms in total. The van der Waals surface area contributed by atoms with Crippen molar-refractivity contribution in [2.24, 2.45) is 0 Å². The highest BCUT2D eigenvalue weighted by Gasteiger charge is 2.01. The molecule has 0 aliphatic rings. The van der Waals surface area contributed by atoms with Gasteiger partial charge in [-0.15, -0.1) is 0 Å². The van der Waals surface area contributed by atoms with Crippen molar-refractivity contribution in [2.45, 2.75) is 0 Å². The average Bonchev–Trinajstić information content (AvgIpc) is 2.93. The third-order valence-electron chi connectivity index (χ3n) is 4.96. The van der Waals surface area contributed by atoms with Crippen LogP contribution in [0.1, 0.15) is 22.3 Å². The summed E-state index contributed by atoms with van der Waals surface area (Å²) in [5.74, 6) is 12.8. The van der Waals surface area contributed by atoms with E-state index < -0.39 is 0 Å². The summed E-state index contributed by atoms with van der Waals surface area (Å²) in [6.07, 6.45) is 7.03. The Kier molecular flexibility index (Phi) is 6.15. The Balaban J connectivity index is 1.30. The van der Waals surface area contributed by atoms with Gasteiger partial charge in [-0.25, -0.2) is 0 Å². The quantitative estimate of drug-likeness (QED) is 0.349. The van der Waals surface area contributed by atoms with Crippen molar-refractivity contribution >= 4 is 0 Å². The third-order valence-corrected chi connectivity index (χ3v) is 4.96. The van der Waals surface area contributed by atoms with Gasteiger partial charge in [-0.1, -0.05) is 35.8 Å². The van der Waals surface area contributed by atoms with Gasteiger partial charge < -0.3 is 0 Å². The maximum absolute atomic E-state index is 4.39. The lowest BCUT2D eigenvalue weighted by atomic mass is 10.1. The summed E-state index contributed by atoms with van der Waals surface area (Å²) in [5, 5.41) is 0. The second-order valence-electron chi connectivity index (χ2n) is 7.37. The van der Waals surface area contributed by atoms with E-state index in [0.29, 0.717) is 0 Å². The maximum Gasteiger partial charge on any atom is 0.0898 e. The van der Waals surface area contributed by atoms with Crippen molar-refractivity contribution in [3.63, 3.8) is 0 Å². The summed E-state index contributed by atoms with van der Waals surface area (Å²) < 4.78 is 0. The van der Waals surface area contributed by atoms with Crippen LogP contribution in [0.4, 0.5) is 0 Å². The van der Waals surface area contributed by atoms with E-state index in [0.717, 1.165) is 45.0 Å². The lowest BCUT2D eigenvalue weighted by Crippen LogP contribution is -1.87. The van der Waals surface area contributed by atoms with E-state index in [9.17, 15) is 0 Å². The Morgan fingerprint density at radius 2 is 0.765 bits per heavy atom. The Bertz CT molecular complexity index is 1420. The van der Waals surface area contributed by atoms with Gasteiger partial charge in [0.25, 0.3) is 0 Å². The largest absolute Gasteiger partial charge is 0.255 e. The zero-order valence-electron chi connectivity index (χ0n) is 18.2. The fourth-order valence-electron chi connectivity index (χ4n) is 3.25. The molecule has 1 aromatic carbocycles. The standard InChI is InChI=1S/C30H18N4/c1-3-17-31-27(5-1)29-21-25(15-19-33-29)13-11-23-7-9-24(10-8-23)12-14-26-16-20-34-30(22-26)28-6-2-4-18-32-28/h1-10,15-22H. The maximum atomic E-state index is 4.39. The predicted molar refractivity (Wildman–Crippen MR) is 133 cm³/mol. The first-order valence-electron chi connectivity index (χ1n) is 10.7. The van der Waals surface area contributed by atoms with Gasteiger partial charge in [0.1, 0.15) is 0 Å². The van der Waals surface area contributed by atoms with E-state index in [1.54, 1.807) is 24.8 Å². The molecule has 158 valence electrons. The molecule has 4 aromatic heterocycles. The summed E-state index contributed by atoms with van der Waals surface area (Å²) in [4.78, 5) is 17.5. The van der Waals surface area contributed by atoms with Crippen molar-refractivity contribution in [3.05, 3.63) is 132 Å². The number of rotatable bonds is 2. The first kappa shape index (κ1) is 20.8. The van der Waals surface area contributed by atoms with E-state index >= 15 is 0 Å². The molecule has 0 aliphatic heterocycles. The SMILES string of the molecule is C(#Cc1ccnc(-c2ccccn2)c1)c1ccc(C#Cc2ccnc(-c3ccccn3)c2)cc1. The highest BCUT2D eigenvalue weighted by Crippen LogP contribution is 2.15. The normalized spacial score (nSPS) is 9.88. The van der Waals surface area contributed by atoms with Gasteiger partial charge in [0, 0.05) is 47.0 Å². The summed E-state index contributed by atoms with van der Waals surface area (Å²) in [5.41, 5.74) is 6.89. The molecular formula is C30H18N4. The van der Waals surface area contributed by atoms with Crippen LogP contribution in [0.2, 0.25) is 0 Å². The summed E-state index contributed by atoms with van der Waals surface area (Å²) >= 11 is 0. The molecule has 4 heterocycles. The lowest BCUT2D eigenvalue weighted by molar-refractivity contribution is 1.24. The molecule has 0 bridgehead atoms. The average molecular weight is 435 g/mol. The number of pyridine rings is 4. The minimum absolute atomic E-state index is 0.806. The van der Waals surface area contributed by atoms with Crippen LogP contribution in [0, 0.1) is 23.7 Å². The van der Waals surface area contributed by atoms with Gasteiger partial charge in [0.05, 0.1) is 22.8 Å². The van der Waals surface area contributed by atoms with Gasteiger partial charge in [0.15, 0.2) is 0 Å². The molecule has 0 unspecified atom stereocenters. The molecule has 34 heavy (non-hydrogen) atoms. The van der Waals surface area contributed by atoms with Crippen molar-refractivity contribution in [1.82, 2.24) is 19.9 Å². The van der Waals surface area contributed by atoms with Crippen LogP contribution in [0.25, 0.3) is 22.8 Å². The molecule has 0 spiro atoms. The smallest absolute Gasteiger partial charge is 0.0898 e. The number of nitrogens with zero attached hydrogens (tertiary/aromatic N) is 4. The molecular weight excluding hydrogens is 416 g/mol. The van der Waals surface area contributed by atoms with Gasteiger partial charge in [-0.2, -0.15) is 0 Å². The highest BCUT2D eigenvalue weighted by atomic mass is 14.8. The van der Waals surface area contributed by atoms with Crippen molar-refractivity contribution < 1.29 is 0 Å². The van der Waals surface area contributed by atoms with E-state index in [2.05, 4.69) is 43.6 Å². The second kappa shape index (κ2) is 10.0. The van der Waals surface area contributed by atoms with Crippen molar-refractivity contribution in [1.29, 1.82) is 0 Å². The molecule has 0 aliphatic carbocycles. The van der Waals surface area contributed by atoms with Crippen molar-refractivity contribution in [3.8, 4) is 46.5 Å². The Labute approximate surface area is 198 Å². The number of benzene rings is 1. The van der Waals surface area contributed by atoms with Crippen molar-refractivity contribution in [2.75, 3.05) is 0 Å². The lowest BCUT2D eigenvalue weighted by Gasteiger charge is -1.99. The summed E-state index contributed by atoms with van der Waals surface area (Å²) in [6, 6.07) is 27.1. The van der Waals surface area contributed by atoms with Gasteiger partial charge in [0.2, 0.25) is 0 Å². The molecule has 0 N–H and O–H groups in total. The molecule has 5 aromatic rings. The van der Waals surface area contributed by atoms with Gasteiger partial charge in [-0.3, -0.25) is 19.9 Å². The molecule has 0 fully saturated rings. The summed E-state index contributed by atoms with van der Waals surface area (Å²) in [7, 11) is 0. The fourth-order valence-corrected chi connectivity index (χ4v) is 3.25. The van der Waals surface area contributed by atoms with E-state index in [-0.39, 0.29) is 0 Å². The Morgan fingerprint density at radius 1 is 0.353 bits per heavy atom. The minimum atomic E-state index is 0.806. The predicted octanol–water partition coefficient (Wildman–Crippen LogP) is 5.40. The van der Waals surface area contributed by atoms with Crippen LogP contribution < -0.4 is 0 Å². The van der Waals surface area contributed by atoms with Crippen LogP contribution in [0.15, 0.2) is 110 Å². The number of hydrogen-bond acceptors (Lipinski definition) is 4. The fraction of sp³-hybridized carbons (Fsp3) is 0. The second-order valence-corrected chi connectivity index (χ2v) is 7.37. The highest BCUT2D eigenvalue weighted by molar-refractivity contribution is 5.58. The first-order valence-corrected chi connectivity index (χ1v) is 10.7. The first-order chi connectivity index (χ1) is 16.8.